The Labute approximate surface area is 115 Å². The highest BCUT2D eigenvalue weighted by Crippen LogP contribution is 2.33. The molecular formula is C12H15ClFN5. The van der Waals surface area contributed by atoms with Gasteiger partial charge in [-0.2, -0.15) is 5.10 Å². The van der Waals surface area contributed by atoms with Crippen LogP contribution in [0.3, 0.4) is 0 Å². The molecule has 0 saturated carbocycles. The van der Waals surface area contributed by atoms with E-state index in [9.17, 15) is 4.39 Å². The second-order valence-electron chi connectivity index (χ2n) is 4.26. The molecule has 0 aliphatic rings. The van der Waals surface area contributed by atoms with Gasteiger partial charge in [-0.3, -0.25) is 4.68 Å². The minimum Gasteiger partial charge on any atom is -0.397 e. The van der Waals surface area contributed by atoms with E-state index in [1.807, 2.05) is 13.2 Å². The SMILES string of the molecule is Cn1cc(CCNc2c(N)cc(N)c(Cl)c2F)cn1. The van der Waals surface area contributed by atoms with E-state index in [1.54, 1.807) is 10.9 Å². The number of rotatable bonds is 4. The number of nitrogens with one attached hydrogen (secondary N) is 1. The van der Waals surface area contributed by atoms with E-state index in [-0.39, 0.29) is 22.1 Å². The number of aromatic nitrogens is 2. The molecule has 0 spiro atoms. The summed E-state index contributed by atoms with van der Waals surface area (Å²) in [5, 5.41) is 6.87. The van der Waals surface area contributed by atoms with Crippen molar-refractivity contribution in [2.45, 2.75) is 6.42 Å². The molecule has 2 aromatic rings. The topological polar surface area (TPSA) is 81.9 Å². The van der Waals surface area contributed by atoms with Crippen LogP contribution in [0.2, 0.25) is 5.02 Å². The summed E-state index contributed by atoms with van der Waals surface area (Å²) in [7, 11) is 1.84. The number of nitrogens with zero attached hydrogens (tertiary/aromatic N) is 2. The Bertz CT molecular complexity index is 596. The van der Waals surface area contributed by atoms with E-state index in [4.69, 9.17) is 23.1 Å². The lowest BCUT2D eigenvalue weighted by molar-refractivity contribution is 0.632. The number of nitrogen functional groups attached to an aromatic ring is 2. The molecule has 0 aliphatic heterocycles. The van der Waals surface area contributed by atoms with E-state index in [0.717, 1.165) is 5.56 Å². The average Bonchev–Trinajstić information content (AvgIpc) is 2.77. The van der Waals surface area contributed by atoms with Crippen LogP contribution in [0.4, 0.5) is 21.5 Å². The van der Waals surface area contributed by atoms with Gasteiger partial charge in [-0.1, -0.05) is 11.6 Å². The first-order chi connectivity index (χ1) is 8.99. The predicted octanol–water partition coefficient (Wildman–Crippen LogP) is 2.03. The zero-order chi connectivity index (χ0) is 14.0. The molecule has 5 nitrogen and oxygen atoms in total. The Morgan fingerprint density at radius 1 is 1.42 bits per heavy atom. The Morgan fingerprint density at radius 3 is 2.79 bits per heavy atom. The van der Waals surface area contributed by atoms with Crippen LogP contribution in [-0.4, -0.2) is 16.3 Å². The highest BCUT2D eigenvalue weighted by Gasteiger charge is 2.13. The van der Waals surface area contributed by atoms with Crippen molar-refractivity contribution in [3.8, 4) is 0 Å². The summed E-state index contributed by atoms with van der Waals surface area (Å²) in [6.07, 6.45) is 4.36. The van der Waals surface area contributed by atoms with Crippen LogP contribution >= 0.6 is 11.6 Å². The van der Waals surface area contributed by atoms with Crippen LogP contribution < -0.4 is 16.8 Å². The molecule has 0 aliphatic carbocycles. The molecule has 0 atom stereocenters. The van der Waals surface area contributed by atoms with Crippen molar-refractivity contribution in [2.24, 2.45) is 7.05 Å². The van der Waals surface area contributed by atoms with Crippen molar-refractivity contribution in [2.75, 3.05) is 23.3 Å². The maximum Gasteiger partial charge on any atom is 0.169 e. The summed E-state index contributed by atoms with van der Waals surface area (Å²) in [6, 6.07) is 1.44. The number of aryl methyl sites for hydroxylation is 1. The Morgan fingerprint density at radius 2 is 2.16 bits per heavy atom. The number of nitrogens with two attached hydrogens (primary N) is 2. The third-order valence-corrected chi connectivity index (χ3v) is 3.12. The highest BCUT2D eigenvalue weighted by molar-refractivity contribution is 6.33. The first-order valence-electron chi connectivity index (χ1n) is 5.73. The monoisotopic (exact) mass is 283 g/mol. The van der Waals surface area contributed by atoms with E-state index < -0.39 is 5.82 Å². The van der Waals surface area contributed by atoms with Crippen LogP contribution in [0.25, 0.3) is 0 Å². The van der Waals surface area contributed by atoms with Crippen LogP contribution in [0.5, 0.6) is 0 Å². The minimum atomic E-state index is -0.620. The summed E-state index contributed by atoms with van der Waals surface area (Å²) < 4.78 is 15.6. The zero-order valence-corrected chi connectivity index (χ0v) is 11.2. The number of halogens is 2. The van der Waals surface area contributed by atoms with Crippen LogP contribution in [0.1, 0.15) is 5.56 Å². The zero-order valence-electron chi connectivity index (χ0n) is 10.5. The standard InChI is InChI=1S/C12H15ClFN5/c1-19-6-7(5-18-19)2-3-17-12-9(16)4-8(15)10(13)11(12)14/h4-6,17H,2-3,15-16H2,1H3. The molecule has 0 radical (unpaired) electrons. The molecular weight excluding hydrogens is 269 g/mol. The smallest absolute Gasteiger partial charge is 0.169 e. The van der Waals surface area contributed by atoms with Crippen LogP contribution in [-0.2, 0) is 13.5 Å². The van der Waals surface area contributed by atoms with Crippen molar-refractivity contribution in [1.29, 1.82) is 0 Å². The molecule has 19 heavy (non-hydrogen) atoms. The maximum atomic E-state index is 13.9. The van der Waals surface area contributed by atoms with Crippen molar-refractivity contribution < 1.29 is 4.39 Å². The van der Waals surface area contributed by atoms with Gasteiger partial charge in [-0.25, -0.2) is 4.39 Å². The Kier molecular flexibility index (Phi) is 3.80. The quantitative estimate of drug-likeness (QED) is 0.750. The minimum absolute atomic E-state index is 0.113. The Hall–Kier alpha value is -1.95. The molecule has 0 saturated heterocycles. The van der Waals surface area contributed by atoms with E-state index in [1.165, 1.54) is 6.07 Å². The van der Waals surface area contributed by atoms with Crippen molar-refractivity contribution in [3.63, 3.8) is 0 Å². The second-order valence-corrected chi connectivity index (χ2v) is 4.63. The number of hydrogen-bond donors (Lipinski definition) is 3. The van der Waals surface area contributed by atoms with Crippen LogP contribution in [0, 0.1) is 5.82 Å². The van der Waals surface area contributed by atoms with Gasteiger partial charge < -0.3 is 16.8 Å². The van der Waals surface area contributed by atoms with Crippen molar-refractivity contribution in [3.05, 3.63) is 34.9 Å². The van der Waals surface area contributed by atoms with E-state index in [0.29, 0.717) is 13.0 Å². The lowest BCUT2D eigenvalue weighted by Gasteiger charge is -2.12. The van der Waals surface area contributed by atoms with Gasteiger partial charge >= 0.3 is 0 Å². The molecule has 2 rings (SSSR count). The van der Waals surface area contributed by atoms with Gasteiger partial charge in [0.05, 0.1) is 23.3 Å². The fourth-order valence-electron chi connectivity index (χ4n) is 1.78. The molecule has 7 heteroatoms. The van der Waals surface area contributed by atoms with Crippen molar-refractivity contribution >= 4 is 28.7 Å². The molecule has 1 heterocycles. The third-order valence-electron chi connectivity index (χ3n) is 2.74. The van der Waals surface area contributed by atoms with Gasteiger partial charge in [0.1, 0.15) is 5.02 Å². The number of hydrogen-bond acceptors (Lipinski definition) is 4. The normalized spacial score (nSPS) is 10.7. The molecule has 0 fully saturated rings. The fourth-order valence-corrected chi connectivity index (χ4v) is 1.93. The first-order valence-corrected chi connectivity index (χ1v) is 6.11. The average molecular weight is 284 g/mol. The fraction of sp³-hybridized carbons (Fsp3) is 0.250. The van der Waals surface area contributed by atoms with Gasteiger partial charge in [0.25, 0.3) is 0 Å². The first kappa shape index (κ1) is 13.5. The van der Waals surface area contributed by atoms with E-state index in [2.05, 4.69) is 10.4 Å². The van der Waals surface area contributed by atoms with Gasteiger partial charge in [-0.15, -0.1) is 0 Å². The van der Waals surface area contributed by atoms with Gasteiger partial charge in [0.15, 0.2) is 5.82 Å². The molecule has 102 valence electrons. The van der Waals surface area contributed by atoms with Crippen LogP contribution in [0.15, 0.2) is 18.5 Å². The van der Waals surface area contributed by atoms with Crippen molar-refractivity contribution in [1.82, 2.24) is 9.78 Å². The number of anilines is 3. The van der Waals surface area contributed by atoms with Gasteiger partial charge in [0, 0.05) is 19.8 Å². The second kappa shape index (κ2) is 5.36. The molecule has 5 N–H and O–H groups in total. The van der Waals surface area contributed by atoms with E-state index >= 15 is 0 Å². The summed E-state index contributed by atoms with van der Waals surface area (Å²) in [4.78, 5) is 0. The Balaban J connectivity index is 2.05. The number of benzene rings is 1. The summed E-state index contributed by atoms with van der Waals surface area (Å²) in [5.41, 5.74) is 12.8. The summed E-state index contributed by atoms with van der Waals surface area (Å²) >= 11 is 5.75. The molecule has 0 bridgehead atoms. The largest absolute Gasteiger partial charge is 0.397 e. The van der Waals surface area contributed by atoms with Gasteiger partial charge in [0.2, 0.25) is 0 Å². The molecule has 1 aromatic carbocycles. The molecule has 0 unspecified atom stereocenters. The lowest BCUT2D eigenvalue weighted by Crippen LogP contribution is -2.09. The molecule has 1 aromatic heterocycles. The lowest BCUT2D eigenvalue weighted by atomic mass is 10.2. The third kappa shape index (κ3) is 2.90. The van der Waals surface area contributed by atoms with Gasteiger partial charge in [-0.05, 0) is 18.1 Å². The maximum absolute atomic E-state index is 13.9. The molecule has 0 amide bonds. The summed E-state index contributed by atoms with van der Waals surface area (Å²) in [6.45, 7) is 0.521. The predicted molar refractivity (Wildman–Crippen MR) is 75.6 cm³/mol. The summed E-state index contributed by atoms with van der Waals surface area (Å²) in [5.74, 6) is -0.620. The highest BCUT2D eigenvalue weighted by atomic mass is 35.5.